The molecule has 0 amide bonds. The largest absolute Gasteiger partial charge is 0.495 e. The molecule has 0 atom stereocenters. The maximum Gasteiger partial charge on any atom is 0.307 e. The lowest BCUT2D eigenvalue weighted by Crippen LogP contribution is -2.10. The fraction of sp³-hybridized carbons (Fsp3) is 0.400. The van der Waals surface area contributed by atoms with Gasteiger partial charge in [0.2, 0.25) is 0 Å². The summed E-state index contributed by atoms with van der Waals surface area (Å²) in [6, 6.07) is 0. The van der Waals surface area contributed by atoms with E-state index in [1.54, 1.807) is 0 Å². The van der Waals surface area contributed by atoms with E-state index >= 15 is 0 Å². The molecule has 0 saturated heterocycles. The van der Waals surface area contributed by atoms with Gasteiger partial charge in [-0.25, -0.2) is 8.78 Å². The molecule has 0 aromatic carbocycles. The molecule has 1 aromatic rings. The van der Waals surface area contributed by atoms with Crippen molar-refractivity contribution in [1.29, 1.82) is 0 Å². The van der Waals surface area contributed by atoms with E-state index in [4.69, 9.17) is 21.4 Å². The average Bonchev–Trinajstić information content (AvgIpc) is 2.27. The van der Waals surface area contributed by atoms with E-state index in [0.29, 0.717) is 0 Å². The first-order valence-electron chi connectivity index (χ1n) is 4.61. The Balaban J connectivity index is 3.38. The van der Waals surface area contributed by atoms with Crippen molar-refractivity contribution < 1.29 is 23.4 Å². The van der Waals surface area contributed by atoms with Gasteiger partial charge in [0, 0.05) is 5.56 Å². The minimum Gasteiger partial charge on any atom is -0.495 e. The lowest BCUT2D eigenvalue weighted by Gasteiger charge is -2.13. The molecule has 4 nitrogen and oxygen atoms in total. The molecule has 1 N–H and O–H groups in total. The van der Waals surface area contributed by atoms with Crippen LogP contribution >= 0.6 is 11.6 Å². The van der Waals surface area contributed by atoms with E-state index in [9.17, 15) is 13.6 Å². The molecule has 1 aromatic heterocycles. The highest BCUT2D eigenvalue weighted by atomic mass is 35.5. The van der Waals surface area contributed by atoms with Crippen LogP contribution in [0.1, 0.15) is 23.2 Å². The predicted octanol–water partition coefficient (Wildman–Crippen LogP) is 2.39. The lowest BCUT2D eigenvalue weighted by atomic mass is 10.0. The Hall–Kier alpha value is -1.43. The van der Waals surface area contributed by atoms with Gasteiger partial charge in [0.15, 0.2) is 0 Å². The highest BCUT2D eigenvalue weighted by molar-refractivity contribution is 6.17. The Morgan fingerprint density at radius 3 is 2.65 bits per heavy atom. The number of aliphatic carboxylic acids is 1. The molecule has 0 fully saturated rings. The third-order valence-corrected chi connectivity index (χ3v) is 2.45. The zero-order chi connectivity index (χ0) is 13.0. The molecule has 1 rings (SSSR count). The summed E-state index contributed by atoms with van der Waals surface area (Å²) < 4.78 is 30.3. The number of hydrogen-bond acceptors (Lipinski definition) is 3. The van der Waals surface area contributed by atoms with Crippen molar-refractivity contribution in [2.75, 3.05) is 7.11 Å². The number of carbonyl (C=O) groups is 1. The minimum absolute atomic E-state index is 0.0816. The molecule has 1 heterocycles. The number of aromatic nitrogens is 1. The molecule has 7 heteroatoms. The van der Waals surface area contributed by atoms with E-state index in [-0.39, 0.29) is 22.8 Å². The predicted molar refractivity (Wildman–Crippen MR) is 56.6 cm³/mol. The zero-order valence-electron chi connectivity index (χ0n) is 8.91. The third-order valence-electron chi connectivity index (χ3n) is 2.18. The van der Waals surface area contributed by atoms with Gasteiger partial charge in [-0.05, 0) is 5.56 Å². The highest BCUT2D eigenvalue weighted by Gasteiger charge is 2.22. The van der Waals surface area contributed by atoms with Gasteiger partial charge in [-0.2, -0.15) is 0 Å². The Kier molecular flexibility index (Phi) is 4.62. The van der Waals surface area contributed by atoms with Gasteiger partial charge >= 0.3 is 5.97 Å². The number of rotatable bonds is 5. The molecule has 0 aliphatic heterocycles. The molecule has 0 aliphatic carbocycles. The third kappa shape index (κ3) is 3.03. The van der Waals surface area contributed by atoms with Gasteiger partial charge in [0.25, 0.3) is 6.43 Å². The second kappa shape index (κ2) is 5.77. The van der Waals surface area contributed by atoms with Gasteiger partial charge < -0.3 is 9.84 Å². The van der Waals surface area contributed by atoms with Crippen molar-refractivity contribution in [2.45, 2.75) is 18.7 Å². The number of halogens is 3. The first-order valence-corrected chi connectivity index (χ1v) is 5.15. The Morgan fingerprint density at radius 1 is 1.59 bits per heavy atom. The van der Waals surface area contributed by atoms with Crippen molar-refractivity contribution in [3.05, 3.63) is 23.0 Å². The summed E-state index contributed by atoms with van der Waals surface area (Å²) in [5.74, 6) is -1.14. The van der Waals surface area contributed by atoms with E-state index in [1.807, 2.05) is 0 Å². The van der Waals surface area contributed by atoms with Crippen molar-refractivity contribution in [3.63, 3.8) is 0 Å². The zero-order valence-corrected chi connectivity index (χ0v) is 9.67. The van der Waals surface area contributed by atoms with Crippen LogP contribution in [0.5, 0.6) is 5.75 Å². The Labute approximate surface area is 101 Å². The first-order chi connectivity index (χ1) is 8.01. The number of carboxylic acids is 1. The van der Waals surface area contributed by atoms with Gasteiger partial charge in [-0.1, -0.05) is 0 Å². The second-order valence-corrected chi connectivity index (χ2v) is 3.44. The molecule has 0 unspecified atom stereocenters. The number of pyridine rings is 1. The van der Waals surface area contributed by atoms with Gasteiger partial charge in [-0.3, -0.25) is 9.78 Å². The van der Waals surface area contributed by atoms with Crippen molar-refractivity contribution in [3.8, 4) is 5.75 Å². The number of methoxy groups -OCH3 is 1. The topological polar surface area (TPSA) is 59.4 Å². The summed E-state index contributed by atoms with van der Waals surface area (Å²) in [6.07, 6.45) is -2.30. The molecule has 0 bridgehead atoms. The molecule has 94 valence electrons. The van der Waals surface area contributed by atoms with Gasteiger partial charge in [0.05, 0.1) is 25.6 Å². The Morgan fingerprint density at radius 2 is 2.24 bits per heavy atom. The quantitative estimate of drug-likeness (QED) is 0.831. The van der Waals surface area contributed by atoms with Crippen LogP contribution in [0.15, 0.2) is 6.20 Å². The van der Waals surface area contributed by atoms with E-state index in [2.05, 4.69) is 4.98 Å². The molecule has 17 heavy (non-hydrogen) atoms. The summed E-state index contributed by atoms with van der Waals surface area (Å²) in [7, 11) is 1.33. The maximum absolute atomic E-state index is 12.7. The number of ether oxygens (including phenoxy) is 1. The SMILES string of the molecule is COc1cnc(C(F)F)c(CC(=O)O)c1CCl. The van der Waals surface area contributed by atoms with Crippen LogP contribution in [-0.4, -0.2) is 23.2 Å². The van der Waals surface area contributed by atoms with Crippen LogP contribution in [0.2, 0.25) is 0 Å². The number of hydrogen-bond donors (Lipinski definition) is 1. The van der Waals surface area contributed by atoms with Gasteiger partial charge in [-0.15, -0.1) is 11.6 Å². The molecule has 0 saturated carbocycles. The fourth-order valence-electron chi connectivity index (χ4n) is 1.45. The summed E-state index contributed by atoms with van der Waals surface area (Å²) in [4.78, 5) is 14.2. The maximum atomic E-state index is 12.7. The molecule has 0 radical (unpaired) electrons. The number of nitrogens with zero attached hydrogens (tertiary/aromatic N) is 1. The molecule has 0 aliphatic rings. The summed E-state index contributed by atoms with van der Waals surface area (Å²) in [6.45, 7) is 0. The second-order valence-electron chi connectivity index (χ2n) is 3.17. The summed E-state index contributed by atoms with van der Waals surface area (Å²) >= 11 is 5.63. The number of alkyl halides is 3. The fourth-order valence-corrected chi connectivity index (χ4v) is 1.74. The highest BCUT2D eigenvalue weighted by Crippen LogP contribution is 2.30. The van der Waals surface area contributed by atoms with Crippen molar-refractivity contribution in [2.24, 2.45) is 0 Å². The van der Waals surface area contributed by atoms with Crippen LogP contribution in [0.25, 0.3) is 0 Å². The van der Waals surface area contributed by atoms with Crippen LogP contribution in [0.4, 0.5) is 8.78 Å². The minimum atomic E-state index is -2.85. The molecule has 0 spiro atoms. The Bertz CT molecular complexity index is 426. The van der Waals surface area contributed by atoms with Crippen LogP contribution in [0.3, 0.4) is 0 Å². The van der Waals surface area contributed by atoms with Crippen molar-refractivity contribution in [1.82, 2.24) is 4.98 Å². The summed E-state index contributed by atoms with van der Waals surface area (Å²) in [5.41, 5.74) is -0.410. The standard InChI is InChI=1S/C10H10ClF2NO3/c1-17-7-4-14-9(10(12)13)5(2-8(15)16)6(7)3-11/h4,10H,2-3H2,1H3,(H,15,16). The van der Waals surface area contributed by atoms with E-state index < -0.39 is 24.5 Å². The van der Waals surface area contributed by atoms with E-state index in [1.165, 1.54) is 7.11 Å². The normalized spacial score (nSPS) is 10.6. The molecular weight excluding hydrogens is 256 g/mol. The van der Waals surface area contributed by atoms with Crippen molar-refractivity contribution >= 4 is 17.6 Å². The average molecular weight is 266 g/mol. The molecular formula is C10H10ClF2NO3. The van der Waals surface area contributed by atoms with Crippen LogP contribution in [-0.2, 0) is 17.1 Å². The number of carboxylic acid groups (broad SMARTS) is 1. The van der Waals surface area contributed by atoms with E-state index in [0.717, 1.165) is 6.20 Å². The van der Waals surface area contributed by atoms with Crippen LogP contribution < -0.4 is 4.74 Å². The lowest BCUT2D eigenvalue weighted by molar-refractivity contribution is -0.136. The van der Waals surface area contributed by atoms with Crippen LogP contribution in [0, 0.1) is 0 Å². The summed E-state index contributed by atoms with van der Waals surface area (Å²) in [5, 5.41) is 8.70. The van der Waals surface area contributed by atoms with Gasteiger partial charge in [0.1, 0.15) is 11.4 Å². The smallest absolute Gasteiger partial charge is 0.307 e. The first kappa shape index (κ1) is 13.6. The monoisotopic (exact) mass is 265 g/mol.